The number of anilines is 1. The first-order valence-electron chi connectivity index (χ1n) is 8.36. The Labute approximate surface area is 143 Å². The predicted molar refractivity (Wildman–Crippen MR) is 97.0 cm³/mol. The minimum absolute atomic E-state index is 0.0318. The zero-order valence-electron chi connectivity index (χ0n) is 14.5. The average Bonchev–Trinajstić information content (AvgIpc) is 3.02. The lowest BCUT2D eigenvalue weighted by Gasteiger charge is -2.16. The summed E-state index contributed by atoms with van der Waals surface area (Å²) in [4.78, 5) is 14.5. The van der Waals surface area contributed by atoms with Gasteiger partial charge in [0.1, 0.15) is 5.75 Å². The van der Waals surface area contributed by atoms with E-state index in [1.54, 1.807) is 0 Å². The van der Waals surface area contributed by atoms with Gasteiger partial charge in [0.05, 0.1) is 6.61 Å². The van der Waals surface area contributed by atoms with Gasteiger partial charge in [0.15, 0.2) is 0 Å². The van der Waals surface area contributed by atoms with E-state index in [2.05, 4.69) is 17.4 Å². The summed E-state index contributed by atoms with van der Waals surface area (Å²) in [5.74, 6) is 0.964. The Morgan fingerprint density at radius 3 is 2.88 bits per heavy atom. The third kappa shape index (κ3) is 3.70. The van der Waals surface area contributed by atoms with Crippen molar-refractivity contribution in [1.82, 2.24) is 5.32 Å². The number of carbonyl (C=O) groups is 1. The SMILES string of the molecule is C[C@H](Cc1ccc2c(c1)CCO2)NC(=O)c1cccc(N(C)C)c1. The van der Waals surface area contributed by atoms with E-state index >= 15 is 0 Å². The fourth-order valence-electron chi connectivity index (χ4n) is 3.00. The van der Waals surface area contributed by atoms with E-state index < -0.39 is 0 Å². The second-order valence-electron chi connectivity index (χ2n) is 6.56. The number of hydrogen-bond acceptors (Lipinski definition) is 3. The predicted octanol–water partition coefficient (Wildman–Crippen LogP) is 3.05. The number of nitrogens with one attached hydrogen (secondary N) is 1. The number of amides is 1. The maximum absolute atomic E-state index is 12.5. The van der Waals surface area contributed by atoms with Gasteiger partial charge in [-0.3, -0.25) is 4.79 Å². The quantitative estimate of drug-likeness (QED) is 0.919. The number of carbonyl (C=O) groups excluding carboxylic acids is 1. The minimum atomic E-state index is -0.0318. The van der Waals surface area contributed by atoms with E-state index in [9.17, 15) is 4.79 Å². The normalized spacial score (nSPS) is 13.8. The highest BCUT2D eigenvalue weighted by Crippen LogP contribution is 2.26. The maximum atomic E-state index is 12.5. The van der Waals surface area contributed by atoms with Crippen LogP contribution >= 0.6 is 0 Å². The van der Waals surface area contributed by atoms with E-state index in [1.807, 2.05) is 56.3 Å². The number of rotatable bonds is 5. The van der Waals surface area contributed by atoms with Gasteiger partial charge in [-0.15, -0.1) is 0 Å². The molecular weight excluding hydrogens is 300 g/mol. The van der Waals surface area contributed by atoms with Gasteiger partial charge in [-0.05, 0) is 48.7 Å². The van der Waals surface area contributed by atoms with E-state index in [4.69, 9.17) is 4.74 Å². The molecular formula is C20H24N2O2. The highest BCUT2D eigenvalue weighted by Gasteiger charge is 2.15. The van der Waals surface area contributed by atoms with Crippen LogP contribution in [0.2, 0.25) is 0 Å². The lowest BCUT2D eigenvalue weighted by Crippen LogP contribution is -2.34. The summed E-state index contributed by atoms with van der Waals surface area (Å²) in [6.45, 7) is 2.81. The largest absolute Gasteiger partial charge is 0.493 e. The zero-order valence-corrected chi connectivity index (χ0v) is 14.5. The fourth-order valence-corrected chi connectivity index (χ4v) is 3.00. The summed E-state index contributed by atoms with van der Waals surface area (Å²) in [6, 6.07) is 14.0. The van der Waals surface area contributed by atoms with Crippen molar-refractivity contribution >= 4 is 11.6 Å². The summed E-state index contributed by atoms with van der Waals surface area (Å²) in [5.41, 5.74) is 4.21. The lowest BCUT2D eigenvalue weighted by molar-refractivity contribution is 0.0940. The van der Waals surface area contributed by atoms with Gasteiger partial charge >= 0.3 is 0 Å². The van der Waals surface area contributed by atoms with Crippen LogP contribution in [-0.4, -0.2) is 32.7 Å². The van der Waals surface area contributed by atoms with Gasteiger partial charge in [0.25, 0.3) is 5.91 Å². The Hall–Kier alpha value is -2.49. The van der Waals surface area contributed by atoms with E-state index in [0.29, 0.717) is 5.56 Å². The van der Waals surface area contributed by atoms with Crippen molar-refractivity contribution < 1.29 is 9.53 Å². The molecule has 0 spiro atoms. The van der Waals surface area contributed by atoms with Gasteiger partial charge < -0.3 is 15.0 Å². The molecule has 3 rings (SSSR count). The van der Waals surface area contributed by atoms with Crippen LogP contribution in [0.5, 0.6) is 5.75 Å². The molecule has 1 amide bonds. The standard InChI is InChI=1S/C20H24N2O2/c1-14(11-15-7-8-19-16(12-15)9-10-24-19)21-20(23)17-5-4-6-18(13-17)22(2)3/h4-8,12-14H,9-11H2,1-3H3,(H,21,23)/t14-/m1/s1. The lowest BCUT2D eigenvalue weighted by atomic mass is 10.0. The molecule has 0 bridgehead atoms. The Morgan fingerprint density at radius 1 is 1.25 bits per heavy atom. The number of nitrogens with zero attached hydrogens (tertiary/aromatic N) is 1. The van der Waals surface area contributed by atoms with Crippen LogP contribution in [0, 0.1) is 0 Å². The van der Waals surface area contributed by atoms with Crippen molar-refractivity contribution in [2.75, 3.05) is 25.6 Å². The molecule has 1 heterocycles. The van der Waals surface area contributed by atoms with Gasteiger partial charge in [-0.2, -0.15) is 0 Å². The Balaban J connectivity index is 1.63. The topological polar surface area (TPSA) is 41.6 Å². The molecule has 0 aliphatic carbocycles. The second-order valence-corrected chi connectivity index (χ2v) is 6.56. The first-order valence-corrected chi connectivity index (χ1v) is 8.36. The van der Waals surface area contributed by atoms with Crippen LogP contribution < -0.4 is 15.0 Å². The maximum Gasteiger partial charge on any atom is 0.251 e. The molecule has 0 saturated heterocycles. The molecule has 1 aliphatic heterocycles. The van der Waals surface area contributed by atoms with Crippen molar-refractivity contribution in [3.05, 3.63) is 59.2 Å². The van der Waals surface area contributed by atoms with Crippen LogP contribution in [0.4, 0.5) is 5.69 Å². The smallest absolute Gasteiger partial charge is 0.251 e. The van der Waals surface area contributed by atoms with Crippen molar-refractivity contribution in [3.63, 3.8) is 0 Å². The molecule has 1 N–H and O–H groups in total. The van der Waals surface area contributed by atoms with Crippen molar-refractivity contribution in [2.45, 2.75) is 25.8 Å². The summed E-state index contributed by atoms with van der Waals surface area (Å²) in [5, 5.41) is 3.09. The van der Waals surface area contributed by atoms with E-state index in [-0.39, 0.29) is 11.9 Å². The first kappa shape index (κ1) is 16.4. The van der Waals surface area contributed by atoms with Crippen molar-refractivity contribution in [3.8, 4) is 5.75 Å². The zero-order chi connectivity index (χ0) is 17.1. The molecule has 1 atom stereocenters. The third-order valence-electron chi connectivity index (χ3n) is 4.30. The molecule has 0 radical (unpaired) electrons. The van der Waals surface area contributed by atoms with Crippen LogP contribution in [0.25, 0.3) is 0 Å². The molecule has 4 nitrogen and oxygen atoms in total. The van der Waals surface area contributed by atoms with E-state index in [0.717, 1.165) is 30.9 Å². The number of ether oxygens (including phenoxy) is 1. The number of fused-ring (bicyclic) bond motifs is 1. The number of hydrogen-bond donors (Lipinski definition) is 1. The van der Waals surface area contributed by atoms with Gasteiger partial charge in [0.2, 0.25) is 0 Å². The fraction of sp³-hybridized carbons (Fsp3) is 0.350. The second kappa shape index (κ2) is 6.95. The van der Waals surface area contributed by atoms with Crippen LogP contribution in [0.1, 0.15) is 28.4 Å². The summed E-state index contributed by atoms with van der Waals surface area (Å²) < 4.78 is 5.54. The molecule has 0 fully saturated rings. The Kier molecular flexibility index (Phi) is 4.74. The van der Waals surface area contributed by atoms with Crippen molar-refractivity contribution in [2.24, 2.45) is 0 Å². The Morgan fingerprint density at radius 2 is 2.08 bits per heavy atom. The Bertz CT molecular complexity index is 740. The highest BCUT2D eigenvalue weighted by atomic mass is 16.5. The average molecular weight is 324 g/mol. The molecule has 0 aromatic heterocycles. The molecule has 1 aliphatic rings. The summed E-state index contributed by atoms with van der Waals surface area (Å²) in [6.07, 6.45) is 1.79. The minimum Gasteiger partial charge on any atom is -0.493 e. The third-order valence-corrected chi connectivity index (χ3v) is 4.30. The molecule has 4 heteroatoms. The van der Waals surface area contributed by atoms with Gasteiger partial charge in [0, 0.05) is 37.8 Å². The molecule has 126 valence electrons. The molecule has 24 heavy (non-hydrogen) atoms. The number of benzene rings is 2. The van der Waals surface area contributed by atoms with Gasteiger partial charge in [-0.1, -0.05) is 18.2 Å². The molecule has 2 aromatic carbocycles. The van der Waals surface area contributed by atoms with E-state index in [1.165, 1.54) is 11.1 Å². The molecule has 0 saturated carbocycles. The van der Waals surface area contributed by atoms with Crippen LogP contribution in [-0.2, 0) is 12.8 Å². The first-order chi connectivity index (χ1) is 11.5. The molecule has 0 unspecified atom stereocenters. The summed E-state index contributed by atoms with van der Waals surface area (Å²) >= 11 is 0. The molecule has 2 aromatic rings. The summed E-state index contributed by atoms with van der Waals surface area (Å²) in [7, 11) is 3.94. The van der Waals surface area contributed by atoms with Crippen LogP contribution in [0.15, 0.2) is 42.5 Å². The highest BCUT2D eigenvalue weighted by molar-refractivity contribution is 5.95. The van der Waals surface area contributed by atoms with Crippen molar-refractivity contribution in [1.29, 1.82) is 0 Å². The van der Waals surface area contributed by atoms with Crippen LogP contribution in [0.3, 0.4) is 0 Å². The van der Waals surface area contributed by atoms with Gasteiger partial charge in [-0.25, -0.2) is 0 Å². The monoisotopic (exact) mass is 324 g/mol.